The molecule has 0 radical (unpaired) electrons. The fraction of sp³-hybridized carbons (Fsp3) is 0.158. The van der Waals surface area contributed by atoms with E-state index in [1.807, 2.05) is 56.3 Å². The molecule has 0 aliphatic rings. The Bertz CT molecular complexity index is 790. The second kappa shape index (κ2) is 9.20. The van der Waals surface area contributed by atoms with Gasteiger partial charge in [-0.25, -0.2) is 0 Å². The third-order valence-corrected chi connectivity index (χ3v) is 3.57. The van der Waals surface area contributed by atoms with Crippen LogP contribution in [0.3, 0.4) is 0 Å². The summed E-state index contributed by atoms with van der Waals surface area (Å²) in [4.78, 5) is 11.9. The molecule has 2 aromatic carbocycles. The minimum atomic E-state index is -0.341. The van der Waals surface area contributed by atoms with Crippen molar-refractivity contribution in [2.45, 2.75) is 20.0 Å². The topological polar surface area (TPSA) is 50.4 Å². The fourth-order valence-corrected chi connectivity index (χ4v) is 2.43. The third-order valence-electron chi connectivity index (χ3n) is 3.02. The van der Waals surface area contributed by atoms with Crippen molar-refractivity contribution < 1.29 is 9.53 Å². The van der Waals surface area contributed by atoms with Crippen molar-refractivity contribution in [1.29, 1.82) is 0 Å². The third kappa shape index (κ3) is 6.57. The largest absolute Gasteiger partial charge is 0.491 e. The van der Waals surface area contributed by atoms with Gasteiger partial charge in [-0.15, -0.1) is 0 Å². The van der Waals surface area contributed by atoms with Gasteiger partial charge in [-0.3, -0.25) is 10.1 Å². The Hall–Kier alpha value is -2.37. The van der Waals surface area contributed by atoms with Crippen LogP contribution in [0.1, 0.15) is 19.4 Å². The molecule has 0 heterocycles. The van der Waals surface area contributed by atoms with Crippen LogP contribution in [0, 0.1) is 0 Å². The molecule has 0 saturated heterocycles. The van der Waals surface area contributed by atoms with Gasteiger partial charge >= 0.3 is 0 Å². The van der Waals surface area contributed by atoms with Crippen molar-refractivity contribution in [1.82, 2.24) is 5.32 Å². The number of hydrogen-bond acceptors (Lipinski definition) is 3. The van der Waals surface area contributed by atoms with Gasteiger partial charge in [0.1, 0.15) is 5.75 Å². The number of carbonyl (C=O) groups excluding carboxylic acids is 1. The first-order chi connectivity index (χ1) is 11.9. The number of halogens is 1. The Morgan fingerprint density at radius 3 is 2.68 bits per heavy atom. The van der Waals surface area contributed by atoms with Crippen molar-refractivity contribution in [3.05, 3.63) is 65.2 Å². The normalized spacial score (nSPS) is 10.7. The number of anilines is 1. The van der Waals surface area contributed by atoms with E-state index >= 15 is 0 Å². The summed E-state index contributed by atoms with van der Waals surface area (Å²) in [5.74, 6) is 0.389. The van der Waals surface area contributed by atoms with Crippen LogP contribution in [0.2, 0.25) is 5.02 Å². The second-order valence-corrected chi connectivity index (χ2v) is 6.31. The van der Waals surface area contributed by atoms with E-state index < -0.39 is 0 Å². The molecule has 2 aromatic rings. The van der Waals surface area contributed by atoms with Gasteiger partial charge in [-0.2, -0.15) is 0 Å². The lowest BCUT2D eigenvalue weighted by Crippen LogP contribution is -2.32. The SMILES string of the molecule is CC(C)Oc1cccc(NC(=S)NC(=O)/C=C/c2ccccc2Cl)c1. The molecular weight excluding hydrogens is 356 g/mol. The van der Waals surface area contributed by atoms with Crippen LogP contribution in [-0.4, -0.2) is 17.1 Å². The van der Waals surface area contributed by atoms with Crippen LogP contribution < -0.4 is 15.4 Å². The fourth-order valence-electron chi connectivity index (χ4n) is 2.01. The van der Waals surface area contributed by atoms with E-state index in [4.69, 9.17) is 28.6 Å². The molecule has 2 N–H and O–H groups in total. The maximum atomic E-state index is 11.9. The highest BCUT2D eigenvalue weighted by Crippen LogP contribution is 2.18. The first-order valence-corrected chi connectivity index (χ1v) is 8.54. The van der Waals surface area contributed by atoms with Gasteiger partial charge in [0.15, 0.2) is 5.11 Å². The summed E-state index contributed by atoms with van der Waals surface area (Å²) in [5.41, 5.74) is 1.50. The van der Waals surface area contributed by atoms with E-state index in [1.165, 1.54) is 6.08 Å². The maximum Gasteiger partial charge on any atom is 0.250 e. The van der Waals surface area contributed by atoms with Gasteiger partial charge in [-0.05, 0) is 55.9 Å². The average Bonchev–Trinajstić information content (AvgIpc) is 2.53. The van der Waals surface area contributed by atoms with Crippen molar-refractivity contribution in [3.8, 4) is 5.75 Å². The van der Waals surface area contributed by atoms with Crippen LogP contribution in [0.25, 0.3) is 6.08 Å². The summed E-state index contributed by atoms with van der Waals surface area (Å²) in [5, 5.41) is 6.33. The quantitative estimate of drug-likeness (QED) is 0.590. The van der Waals surface area contributed by atoms with Gasteiger partial charge in [0, 0.05) is 22.9 Å². The summed E-state index contributed by atoms with van der Waals surface area (Å²) in [6.45, 7) is 3.91. The van der Waals surface area contributed by atoms with E-state index in [-0.39, 0.29) is 17.1 Å². The molecule has 4 nitrogen and oxygen atoms in total. The number of ether oxygens (including phenoxy) is 1. The highest BCUT2D eigenvalue weighted by molar-refractivity contribution is 7.80. The molecule has 0 saturated carbocycles. The zero-order chi connectivity index (χ0) is 18.2. The van der Waals surface area contributed by atoms with Gasteiger partial charge < -0.3 is 10.1 Å². The zero-order valence-electron chi connectivity index (χ0n) is 14.0. The summed E-state index contributed by atoms with van der Waals surface area (Å²) >= 11 is 11.2. The molecule has 1 amide bonds. The predicted molar refractivity (Wildman–Crippen MR) is 107 cm³/mol. The molecule has 25 heavy (non-hydrogen) atoms. The Kier molecular flexibility index (Phi) is 6.98. The second-order valence-electron chi connectivity index (χ2n) is 5.49. The van der Waals surface area contributed by atoms with Crippen LogP contribution in [0.5, 0.6) is 5.75 Å². The molecule has 0 aromatic heterocycles. The first kappa shape index (κ1) is 19.0. The monoisotopic (exact) mass is 374 g/mol. The molecule has 130 valence electrons. The van der Waals surface area contributed by atoms with E-state index in [0.29, 0.717) is 5.02 Å². The van der Waals surface area contributed by atoms with Crippen molar-refractivity contribution >= 4 is 46.6 Å². The summed E-state index contributed by atoms with van der Waals surface area (Å²) in [6.07, 6.45) is 3.10. The van der Waals surface area contributed by atoms with Gasteiger partial charge in [0.2, 0.25) is 5.91 Å². The smallest absolute Gasteiger partial charge is 0.250 e. The number of rotatable bonds is 5. The number of benzene rings is 2. The highest BCUT2D eigenvalue weighted by Gasteiger charge is 2.04. The lowest BCUT2D eigenvalue weighted by molar-refractivity contribution is -0.115. The Labute approximate surface area is 157 Å². The van der Waals surface area contributed by atoms with E-state index in [0.717, 1.165) is 17.0 Å². The van der Waals surface area contributed by atoms with Gasteiger partial charge in [-0.1, -0.05) is 35.9 Å². The van der Waals surface area contributed by atoms with Crippen LogP contribution >= 0.6 is 23.8 Å². The summed E-state index contributed by atoms with van der Waals surface area (Å²) in [7, 11) is 0. The summed E-state index contributed by atoms with van der Waals surface area (Å²) in [6, 6.07) is 14.6. The summed E-state index contributed by atoms with van der Waals surface area (Å²) < 4.78 is 5.62. The lowest BCUT2D eigenvalue weighted by atomic mass is 10.2. The molecule has 0 aliphatic carbocycles. The Morgan fingerprint density at radius 2 is 1.96 bits per heavy atom. The molecule has 0 atom stereocenters. The molecule has 2 rings (SSSR count). The number of nitrogens with one attached hydrogen (secondary N) is 2. The molecule has 6 heteroatoms. The average molecular weight is 375 g/mol. The van der Waals surface area contributed by atoms with E-state index in [1.54, 1.807) is 12.1 Å². The Morgan fingerprint density at radius 1 is 1.20 bits per heavy atom. The molecular formula is C19H19ClN2O2S. The molecule has 0 spiro atoms. The van der Waals surface area contributed by atoms with Crippen molar-refractivity contribution in [2.75, 3.05) is 5.32 Å². The van der Waals surface area contributed by atoms with Gasteiger partial charge in [0.05, 0.1) is 6.10 Å². The van der Waals surface area contributed by atoms with Gasteiger partial charge in [0.25, 0.3) is 0 Å². The van der Waals surface area contributed by atoms with Crippen molar-refractivity contribution in [3.63, 3.8) is 0 Å². The maximum absolute atomic E-state index is 11.9. The number of amides is 1. The molecule has 0 unspecified atom stereocenters. The zero-order valence-corrected chi connectivity index (χ0v) is 15.5. The molecule has 0 fully saturated rings. The minimum Gasteiger partial charge on any atom is -0.491 e. The number of thiocarbonyl (C=S) groups is 1. The van der Waals surface area contributed by atoms with E-state index in [2.05, 4.69) is 10.6 Å². The van der Waals surface area contributed by atoms with Crippen LogP contribution in [0.15, 0.2) is 54.6 Å². The standard InChI is InChI=1S/C19H19ClN2O2S/c1-13(2)24-16-8-5-7-15(12-16)21-19(25)22-18(23)11-10-14-6-3-4-9-17(14)20/h3-13H,1-2H3,(H2,21,22,23,25)/b11-10+. The predicted octanol–water partition coefficient (Wildman–Crippen LogP) is 4.65. The number of hydrogen-bond donors (Lipinski definition) is 2. The molecule has 0 bridgehead atoms. The van der Waals surface area contributed by atoms with Crippen molar-refractivity contribution in [2.24, 2.45) is 0 Å². The van der Waals surface area contributed by atoms with Crippen LogP contribution in [0.4, 0.5) is 5.69 Å². The Balaban J connectivity index is 1.91. The first-order valence-electron chi connectivity index (χ1n) is 7.75. The minimum absolute atomic E-state index is 0.0804. The van der Waals surface area contributed by atoms with Crippen LogP contribution in [-0.2, 0) is 4.79 Å². The highest BCUT2D eigenvalue weighted by atomic mass is 35.5. The molecule has 0 aliphatic heterocycles. The van der Waals surface area contributed by atoms with E-state index in [9.17, 15) is 4.79 Å². The number of carbonyl (C=O) groups is 1. The lowest BCUT2D eigenvalue weighted by Gasteiger charge is -2.12.